The van der Waals surface area contributed by atoms with Gasteiger partial charge in [-0.25, -0.2) is 0 Å². The van der Waals surface area contributed by atoms with Crippen LogP contribution in [0.2, 0.25) is 5.02 Å². The van der Waals surface area contributed by atoms with E-state index < -0.39 is 5.97 Å². The van der Waals surface area contributed by atoms with E-state index in [0.29, 0.717) is 10.8 Å². The van der Waals surface area contributed by atoms with Crippen LogP contribution in [0.25, 0.3) is 0 Å². The Kier molecular flexibility index (Phi) is 7.54. The highest BCUT2D eigenvalue weighted by molar-refractivity contribution is 7.99. The second-order valence-corrected chi connectivity index (χ2v) is 7.46. The molecule has 1 amide bonds. The van der Waals surface area contributed by atoms with Crippen LogP contribution in [0.1, 0.15) is 22.3 Å². The monoisotopic (exact) mass is 391 g/mol. The molecule has 26 heavy (non-hydrogen) atoms. The predicted molar refractivity (Wildman–Crippen MR) is 108 cm³/mol. The summed E-state index contributed by atoms with van der Waals surface area (Å²) < 4.78 is 5.04. The number of halogens is 1. The summed E-state index contributed by atoms with van der Waals surface area (Å²) in [6.45, 7) is 5.59. The highest BCUT2D eigenvalue weighted by atomic mass is 35.5. The van der Waals surface area contributed by atoms with Crippen LogP contribution in [-0.4, -0.2) is 24.2 Å². The zero-order valence-electron chi connectivity index (χ0n) is 15.1. The van der Waals surface area contributed by atoms with Crippen LogP contribution in [-0.2, 0) is 20.1 Å². The molecule has 0 aliphatic heterocycles. The zero-order chi connectivity index (χ0) is 19.1. The number of anilines is 1. The van der Waals surface area contributed by atoms with Crippen molar-refractivity contribution in [3.63, 3.8) is 0 Å². The molecule has 0 aromatic heterocycles. The molecule has 0 aliphatic rings. The minimum absolute atomic E-state index is 0.168. The summed E-state index contributed by atoms with van der Waals surface area (Å²) in [5, 5.41) is 3.49. The van der Waals surface area contributed by atoms with Gasteiger partial charge in [-0.1, -0.05) is 47.5 Å². The third-order valence-corrected chi connectivity index (χ3v) is 5.06. The Morgan fingerprint density at radius 1 is 1.12 bits per heavy atom. The molecule has 0 radical (unpaired) electrons. The van der Waals surface area contributed by atoms with E-state index in [1.807, 2.05) is 57.2 Å². The number of ether oxygens (including phenoxy) is 1. The molecule has 2 aromatic rings. The minimum Gasteiger partial charge on any atom is -0.455 e. The van der Waals surface area contributed by atoms with Gasteiger partial charge in [0.15, 0.2) is 6.61 Å². The molecule has 0 heterocycles. The highest BCUT2D eigenvalue weighted by Crippen LogP contribution is 2.22. The van der Waals surface area contributed by atoms with Crippen LogP contribution in [0.4, 0.5) is 5.69 Å². The van der Waals surface area contributed by atoms with Crippen LogP contribution in [0.15, 0.2) is 36.4 Å². The Labute approximate surface area is 163 Å². The molecular formula is C20H22ClNO3S. The standard InChI is InChI=1S/C20H22ClNO3S/c1-13-8-14(2)20(15(3)9-13)22-18(23)10-25-19(24)12-26-11-16-6-4-5-7-17(16)21/h4-9H,10-12H2,1-3H3,(H,22,23). The lowest BCUT2D eigenvalue weighted by Crippen LogP contribution is -2.22. The van der Waals surface area contributed by atoms with Crippen molar-refractivity contribution in [2.75, 3.05) is 17.7 Å². The lowest BCUT2D eigenvalue weighted by atomic mass is 10.1. The first-order valence-electron chi connectivity index (χ1n) is 8.21. The van der Waals surface area contributed by atoms with Gasteiger partial charge in [-0.05, 0) is 43.5 Å². The molecule has 6 heteroatoms. The van der Waals surface area contributed by atoms with Gasteiger partial charge >= 0.3 is 5.97 Å². The van der Waals surface area contributed by atoms with Crippen molar-refractivity contribution in [1.82, 2.24) is 0 Å². The van der Waals surface area contributed by atoms with E-state index in [0.717, 1.165) is 27.9 Å². The average Bonchev–Trinajstić information content (AvgIpc) is 2.58. The third-order valence-electron chi connectivity index (χ3n) is 3.74. The quantitative estimate of drug-likeness (QED) is 0.696. The Balaban J connectivity index is 1.75. The van der Waals surface area contributed by atoms with Gasteiger partial charge in [0.25, 0.3) is 5.91 Å². The fourth-order valence-corrected chi connectivity index (χ4v) is 3.71. The number of rotatable bonds is 7. The van der Waals surface area contributed by atoms with E-state index in [9.17, 15) is 9.59 Å². The minimum atomic E-state index is -0.422. The van der Waals surface area contributed by atoms with E-state index in [1.165, 1.54) is 11.8 Å². The molecule has 138 valence electrons. The number of nitrogens with one attached hydrogen (secondary N) is 1. The molecule has 0 saturated heterocycles. The molecule has 0 aliphatic carbocycles. The van der Waals surface area contributed by atoms with Gasteiger partial charge in [0, 0.05) is 16.5 Å². The van der Waals surface area contributed by atoms with Crippen molar-refractivity contribution >= 4 is 40.9 Å². The Morgan fingerprint density at radius 2 is 1.77 bits per heavy atom. The van der Waals surface area contributed by atoms with E-state index in [-0.39, 0.29) is 18.3 Å². The molecule has 0 fully saturated rings. The number of carbonyl (C=O) groups is 2. The predicted octanol–water partition coefficient (Wildman–Crippen LogP) is 4.68. The zero-order valence-corrected chi connectivity index (χ0v) is 16.7. The lowest BCUT2D eigenvalue weighted by molar-refractivity contribution is -0.144. The first kappa shape index (κ1) is 20.3. The molecule has 0 unspecified atom stereocenters. The summed E-state index contributed by atoms with van der Waals surface area (Å²) in [7, 11) is 0. The molecule has 0 atom stereocenters. The number of amides is 1. The average molecular weight is 392 g/mol. The smallest absolute Gasteiger partial charge is 0.316 e. The number of carbonyl (C=O) groups excluding carboxylic acids is 2. The number of hydrogen-bond acceptors (Lipinski definition) is 4. The van der Waals surface area contributed by atoms with Crippen molar-refractivity contribution in [3.05, 3.63) is 63.7 Å². The molecule has 0 bridgehead atoms. The summed E-state index contributed by atoms with van der Waals surface area (Å²) in [6.07, 6.45) is 0. The van der Waals surface area contributed by atoms with Gasteiger partial charge < -0.3 is 10.1 Å². The van der Waals surface area contributed by atoms with E-state index in [4.69, 9.17) is 16.3 Å². The molecule has 1 N–H and O–H groups in total. The Bertz CT molecular complexity index is 784. The fourth-order valence-electron chi connectivity index (χ4n) is 2.60. The number of aryl methyl sites for hydroxylation is 3. The second kappa shape index (κ2) is 9.64. The van der Waals surface area contributed by atoms with Crippen LogP contribution in [0.3, 0.4) is 0 Å². The van der Waals surface area contributed by atoms with Gasteiger partial charge in [-0.3, -0.25) is 9.59 Å². The maximum Gasteiger partial charge on any atom is 0.316 e. The van der Waals surface area contributed by atoms with Crippen LogP contribution < -0.4 is 5.32 Å². The van der Waals surface area contributed by atoms with E-state index in [1.54, 1.807) is 0 Å². The Hall–Kier alpha value is -1.98. The molecule has 4 nitrogen and oxygen atoms in total. The first-order valence-corrected chi connectivity index (χ1v) is 9.74. The van der Waals surface area contributed by atoms with E-state index >= 15 is 0 Å². The number of thioether (sulfide) groups is 1. The van der Waals surface area contributed by atoms with Crippen LogP contribution >= 0.6 is 23.4 Å². The van der Waals surface area contributed by atoms with Crippen molar-refractivity contribution in [3.8, 4) is 0 Å². The Morgan fingerprint density at radius 3 is 2.42 bits per heavy atom. The van der Waals surface area contributed by atoms with Gasteiger partial charge in [0.1, 0.15) is 0 Å². The van der Waals surface area contributed by atoms with Gasteiger partial charge in [-0.15, -0.1) is 11.8 Å². The number of esters is 1. The SMILES string of the molecule is Cc1cc(C)c(NC(=O)COC(=O)CSCc2ccccc2Cl)c(C)c1. The van der Waals surface area contributed by atoms with Crippen molar-refractivity contribution in [2.45, 2.75) is 26.5 Å². The fraction of sp³-hybridized carbons (Fsp3) is 0.300. The lowest BCUT2D eigenvalue weighted by Gasteiger charge is -2.13. The number of hydrogen-bond donors (Lipinski definition) is 1. The largest absolute Gasteiger partial charge is 0.455 e. The molecule has 0 saturated carbocycles. The summed E-state index contributed by atoms with van der Waals surface area (Å²) in [5.74, 6) is 0.0168. The topological polar surface area (TPSA) is 55.4 Å². The van der Waals surface area contributed by atoms with E-state index in [2.05, 4.69) is 5.32 Å². The molecule has 2 rings (SSSR count). The molecule has 0 spiro atoms. The maximum atomic E-state index is 12.0. The van der Waals surface area contributed by atoms with Crippen molar-refractivity contribution in [1.29, 1.82) is 0 Å². The highest BCUT2D eigenvalue weighted by Gasteiger charge is 2.11. The molecular weight excluding hydrogens is 370 g/mol. The summed E-state index contributed by atoms with van der Waals surface area (Å²) >= 11 is 7.47. The van der Waals surface area contributed by atoms with Crippen molar-refractivity contribution in [2.24, 2.45) is 0 Å². The number of benzene rings is 2. The van der Waals surface area contributed by atoms with Crippen LogP contribution in [0.5, 0.6) is 0 Å². The summed E-state index contributed by atoms with van der Waals surface area (Å²) in [4.78, 5) is 23.8. The normalized spacial score (nSPS) is 10.5. The second-order valence-electron chi connectivity index (χ2n) is 6.07. The van der Waals surface area contributed by atoms with Crippen LogP contribution in [0, 0.1) is 20.8 Å². The summed E-state index contributed by atoms with van der Waals surface area (Å²) in [6, 6.07) is 11.5. The van der Waals surface area contributed by atoms with Gasteiger partial charge in [-0.2, -0.15) is 0 Å². The third kappa shape index (κ3) is 6.07. The maximum absolute atomic E-state index is 12.0. The van der Waals surface area contributed by atoms with Gasteiger partial charge in [0.05, 0.1) is 5.75 Å². The van der Waals surface area contributed by atoms with Gasteiger partial charge in [0.2, 0.25) is 0 Å². The van der Waals surface area contributed by atoms with Crippen molar-refractivity contribution < 1.29 is 14.3 Å². The molecule has 2 aromatic carbocycles. The first-order chi connectivity index (χ1) is 12.4. The summed E-state index contributed by atoms with van der Waals surface area (Å²) in [5.41, 5.74) is 4.84.